The van der Waals surface area contributed by atoms with Gasteiger partial charge in [-0.05, 0) is 79.9 Å². The van der Waals surface area contributed by atoms with Crippen molar-refractivity contribution in [2.45, 2.75) is 25.3 Å². The monoisotopic (exact) mass is 442 g/mol. The SMILES string of the molecule is [2H]C([2H])(N1CCC(c2cn(-c3ccc(F)cc3)c3ccc(Cl)cc23)CC1)C([2H])([2H])n1cc[nH]c1=O. The van der Waals surface area contributed by atoms with Gasteiger partial charge in [0.2, 0.25) is 0 Å². The first-order valence-corrected chi connectivity index (χ1v) is 10.6. The van der Waals surface area contributed by atoms with Gasteiger partial charge in [0.05, 0.1) is 8.26 Å². The van der Waals surface area contributed by atoms with E-state index >= 15 is 0 Å². The molecule has 2 aromatic heterocycles. The molecule has 1 N–H and O–H groups in total. The molecule has 1 aliphatic heterocycles. The van der Waals surface area contributed by atoms with E-state index in [1.807, 2.05) is 29.0 Å². The molecule has 0 aliphatic carbocycles. The van der Waals surface area contributed by atoms with Crippen molar-refractivity contribution in [1.82, 2.24) is 19.0 Å². The second-order valence-corrected chi connectivity index (χ2v) is 8.15. The standard InChI is InChI=1S/C24H24ClFN4O/c25-18-1-6-23-21(15-18)22(16-30(23)20-4-2-19(26)3-5-20)17-7-10-28(11-8-17)13-14-29-12-9-27-24(29)31/h1-6,9,12,15-17H,7-8,10-11,13-14H2,(H,27,31)/i13D2,14D2. The maximum absolute atomic E-state index is 13.5. The summed E-state index contributed by atoms with van der Waals surface area (Å²) in [7, 11) is 0. The van der Waals surface area contributed by atoms with E-state index in [0.29, 0.717) is 31.0 Å². The Kier molecular flexibility index (Phi) is 4.29. The Morgan fingerprint density at radius 1 is 1.13 bits per heavy atom. The summed E-state index contributed by atoms with van der Waals surface area (Å²) < 4.78 is 50.1. The maximum atomic E-state index is 13.5. The number of aryl methyl sites for hydroxylation is 1. The van der Waals surface area contributed by atoms with Crippen LogP contribution in [0.4, 0.5) is 4.39 Å². The van der Waals surface area contributed by atoms with Gasteiger partial charge in [-0.2, -0.15) is 0 Å². The molecule has 160 valence electrons. The largest absolute Gasteiger partial charge is 0.325 e. The molecule has 5 rings (SSSR count). The quantitative estimate of drug-likeness (QED) is 0.483. The maximum Gasteiger partial charge on any atom is 0.325 e. The fourth-order valence-electron chi connectivity index (χ4n) is 4.20. The number of aromatic amines is 1. The Hall–Kier alpha value is -2.83. The van der Waals surface area contributed by atoms with Crippen molar-refractivity contribution < 1.29 is 9.87 Å². The lowest BCUT2D eigenvalue weighted by atomic mass is 9.89. The topological polar surface area (TPSA) is 46.0 Å². The number of imidazole rings is 1. The number of halogens is 2. The molecule has 0 radical (unpaired) electrons. The number of H-pyrrole nitrogens is 1. The average molecular weight is 443 g/mol. The number of fused-ring (bicyclic) bond motifs is 1. The molecule has 0 bridgehead atoms. The molecule has 1 fully saturated rings. The summed E-state index contributed by atoms with van der Waals surface area (Å²) in [6.07, 6.45) is 5.76. The van der Waals surface area contributed by atoms with Crippen molar-refractivity contribution in [2.24, 2.45) is 0 Å². The minimum atomic E-state index is -2.55. The van der Waals surface area contributed by atoms with E-state index in [9.17, 15) is 9.18 Å². The van der Waals surface area contributed by atoms with Crippen molar-refractivity contribution in [1.29, 1.82) is 0 Å². The molecule has 4 aromatic rings. The van der Waals surface area contributed by atoms with Gasteiger partial charge in [-0.15, -0.1) is 0 Å². The molecule has 5 nitrogen and oxygen atoms in total. The third-order valence-electron chi connectivity index (χ3n) is 5.81. The zero-order chi connectivity index (χ0) is 25.0. The molecule has 7 heteroatoms. The van der Waals surface area contributed by atoms with E-state index < -0.39 is 18.7 Å². The number of hydrogen-bond donors (Lipinski definition) is 1. The number of likely N-dealkylation sites (tertiary alicyclic amines) is 1. The summed E-state index contributed by atoms with van der Waals surface area (Å²) in [5.74, 6) is -0.206. The van der Waals surface area contributed by atoms with Crippen LogP contribution in [0.5, 0.6) is 0 Å². The van der Waals surface area contributed by atoms with Gasteiger partial charge < -0.3 is 14.5 Å². The lowest BCUT2D eigenvalue weighted by Gasteiger charge is -2.31. The van der Waals surface area contributed by atoms with E-state index in [-0.39, 0.29) is 11.7 Å². The minimum Gasteiger partial charge on any atom is -0.316 e. The van der Waals surface area contributed by atoms with Crippen LogP contribution in [0, 0.1) is 5.82 Å². The first kappa shape index (κ1) is 15.9. The van der Waals surface area contributed by atoms with E-state index in [1.54, 1.807) is 12.1 Å². The molecule has 0 amide bonds. The average Bonchev–Trinajstić information content (AvgIpc) is 3.43. The number of aromatic nitrogens is 3. The Morgan fingerprint density at radius 2 is 1.90 bits per heavy atom. The lowest BCUT2D eigenvalue weighted by Crippen LogP contribution is -2.36. The van der Waals surface area contributed by atoms with Crippen LogP contribution in [-0.4, -0.2) is 38.6 Å². The molecule has 31 heavy (non-hydrogen) atoms. The van der Waals surface area contributed by atoms with Crippen LogP contribution in [0.25, 0.3) is 16.6 Å². The molecular weight excluding hydrogens is 415 g/mol. The molecule has 0 saturated carbocycles. The predicted octanol–water partition coefficient (Wildman–Crippen LogP) is 4.79. The van der Waals surface area contributed by atoms with Gasteiger partial charge in [-0.25, -0.2) is 9.18 Å². The van der Waals surface area contributed by atoms with E-state index in [4.69, 9.17) is 17.1 Å². The molecule has 0 spiro atoms. The summed E-state index contributed by atoms with van der Waals surface area (Å²) in [5.41, 5.74) is 2.14. The summed E-state index contributed by atoms with van der Waals surface area (Å²) in [4.78, 5) is 15.8. The van der Waals surface area contributed by atoms with Gasteiger partial charge in [0.1, 0.15) is 5.82 Å². The van der Waals surface area contributed by atoms with Crippen LogP contribution in [-0.2, 0) is 6.50 Å². The molecule has 0 atom stereocenters. The highest BCUT2D eigenvalue weighted by Gasteiger charge is 2.24. The van der Waals surface area contributed by atoms with Crippen molar-refractivity contribution in [3.05, 3.63) is 87.9 Å². The highest BCUT2D eigenvalue weighted by molar-refractivity contribution is 6.31. The van der Waals surface area contributed by atoms with Crippen molar-refractivity contribution in [3.63, 3.8) is 0 Å². The van der Waals surface area contributed by atoms with Crippen molar-refractivity contribution in [3.8, 4) is 5.69 Å². The first-order chi connectivity index (χ1) is 16.6. The molecular formula is C24H24ClFN4O. The van der Waals surface area contributed by atoms with Crippen LogP contribution < -0.4 is 5.69 Å². The van der Waals surface area contributed by atoms with Gasteiger partial charge in [0, 0.05) is 50.4 Å². The number of nitrogens with zero attached hydrogens (tertiary/aromatic N) is 3. The van der Waals surface area contributed by atoms with Gasteiger partial charge in [-0.3, -0.25) is 4.57 Å². The minimum absolute atomic E-state index is 0.102. The molecule has 2 aromatic carbocycles. The van der Waals surface area contributed by atoms with Crippen LogP contribution in [0.2, 0.25) is 5.02 Å². The van der Waals surface area contributed by atoms with Gasteiger partial charge in [0.25, 0.3) is 0 Å². The Morgan fingerprint density at radius 3 is 2.61 bits per heavy atom. The Bertz CT molecular complexity index is 1420. The van der Waals surface area contributed by atoms with Crippen LogP contribution >= 0.6 is 11.6 Å². The number of piperidine rings is 1. The number of benzene rings is 2. The molecule has 3 heterocycles. The van der Waals surface area contributed by atoms with E-state index in [2.05, 4.69) is 4.98 Å². The van der Waals surface area contributed by atoms with Crippen LogP contribution in [0.3, 0.4) is 0 Å². The van der Waals surface area contributed by atoms with Crippen molar-refractivity contribution >= 4 is 22.5 Å². The third-order valence-corrected chi connectivity index (χ3v) is 6.05. The molecule has 1 aliphatic rings. The van der Waals surface area contributed by atoms with E-state index in [0.717, 1.165) is 26.7 Å². The summed E-state index contributed by atoms with van der Waals surface area (Å²) in [5, 5.41) is 1.59. The zero-order valence-electron chi connectivity index (χ0n) is 20.7. The normalized spacial score (nSPS) is 18.5. The summed E-state index contributed by atoms with van der Waals surface area (Å²) >= 11 is 6.31. The lowest BCUT2D eigenvalue weighted by molar-refractivity contribution is 0.205. The second kappa shape index (κ2) is 8.36. The van der Waals surface area contributed by atoms with Crippen LogP contribution in [0.1, 0.15) is 29.8 Å². The fourth-order valence-corrected chi connectivity index (χ4v) is 4.38. The van der Waals surface area contributed by atoms with E-state index in [1.165, 1.54) is 29.4 Å². The smallest absolute Gasteiger partial charge is 0.316 e. The van der Waals surface area contributed by atoms with Gasteiger partial charge in [-0.1, -0.05) is 11.6 Å². The first-order valence-electron chi connectivity index (χ1n) is 12.2. The number of nitrogens with one attached hydrogen (secondary N) is 1. The third kappa shape index (κ3) is 4.05. The van der Waals surface area contributed by atoms with Crippen molar-refractivity contribution in [2.75, 3.05) is 19.6 Å². The van der Waals surface area contributed by atoms with Gasteiger partial charge >= 0.3 is 5.69 Å². The molecule has 0 unspecified atom stereocenters. The van der Waals surface area contributed by atoms with Crippen LogP contribution in [0.15, 0.2) is 65.8 Å². The summed E-state index contributed by atoms with van der Waals surface area (Å²) in [6, 6.07) is 11.9. The zero-order valence-corrected chi connectivity index (χ0v) is 17.4. The highest BCUT2D eigenvalue weighted by Crippen LogP contribution is 2.36. The Labute approximate surface area is 190 Å². The predicted molar refractivity (Wildman–Crippen MR) is 122 cm³/mol. The fraction of sp³-hybridized carbons (Fsp3) is 0.292. The Balaban J connectivity index is 1.43. The highest BCUT2D eigenvalue weighted by atomic mass is 35.5. The second-order valence-electron chi connectivity index (χ2n) is 7.71. The number of hydrogen-bond acceptors (Lipinski definition) is 2. The summed E-state index contributed by atoms with van der Waals surface area (Å²) in [6.45, 7) is -4.31. The molecule has 1 saturated heterocycles. The van der Waals surface area contributed by atoms with Gasteiger partial charge in [0.15, 0.2) is 0 Å². The number of rotatable bonds is 5.